The monoisotopic (exact) mass is 450 g/mol. The van der Waals surface area contributed by atoms with Crippen molar-refractivity contribution >= 4 is 29.9 Å². The zero-order valence-corrected chi connectivity index (χ0v) is 17.6. The molecule has 2 N–H and O–H groups in total. The van der Waals surface area contributed by atoms with E-state index in [4.69, 9.17) is 9.26 Å². The van der Waals surface area contributed by atoms with Crippen LogP contribution >= 0.6 is 24.0 Å². The summed E-state index contributed by atoms with van der Waals surface area (Å²) in [7, 11) is 3.57. The van der Waals surface area contributed by atoms with Crippen molar-refractivity contribution in [2.45, 2.75) is 52.5 Å². The number of rotatable bonds is 9. The molecule has 138 valence electrons. The second kappa shape index (κ2) is 10.2. The maximum atomic E-state index is 5.41. The van der Waals surface area contributed by atoms with Gasteiger partial charge in [-0.2, -0.15) is 0 Å². The van der Waals surface area contributed by atoms with Gasteiger partial charge in [0.15, 0.2) is 5.96 Å². The lowest BCUT2D eigenvalue weighted by molar-refractivity contribution is 0.172. The molecule has 1 aliphatic carbocycles. The van der Waals surface area contributed by atoms with Gasteiger partial charge in [-0.25, -0.2) is 0 Å². The summed E-state index contributed by atoms with van der Waals surface area (Å²) in [5, 5.41) is 11.0. The fourth-order valence-electron chi connectivity index (χ4n) is 2.81. The Bertz CT molecular complexity index is 505. The molecule has 7 heteroatoms. The van der Waals surface area contributed by atoms with Crippen LogP contribution in [0.1, 0.15) is 50.1 Å². The first kappa shape index (κ1) is 21.2. The zero-order chi connectivity index (χ0) is 16.7. The molecule has 0 unspecified atom stereocenters. The molecule has 0 radical (unpaired) electrons. The minimum atomic E-state index is 0. The third kappa shape index (κ3) is 5.61. The molecule has 1 aliphatic rings. The summed E-state index contributed by atoms with van der Waals surface area (Å²) in [4.78, 5) is 4.32. The number of aromatic nitrogens is 1. The van der Waals surface area contributed by atoms with Gasteiger partial charge >= 0.3 is 0 Å². The van der Waals surface area contributed by atoms with Gasteiger partial charge in [0, 0.05) is 45.8 Å². The molecule has 0 bridgehead atoms. The van der Waals surface area contributed by atoms with Crippen molar-refractivity contribution in [3.8, 4) is 0 Å². The Hall–Kier alpha value is -0.830. The number of halogens is 1. The van der Waals surface area contributed by atoms with E-state index in [9.17, 15) is 0 Å². The molecular weight excluding hydrogens is 419 g/mol. The lowest BCUT2D eigenvalue weighted by Gasteiger charge is -2.18. The van der Waals surface area contributed by atoms with E-state index in [0.717, 1.165) is 49.8 Å². The van der Waals surface area contributed by atoms with Crippen LogP contribution < -0.4 is 10.6 Å². The summed E-state index contributed by atoms with van der Waals surface area (Å²) in [5.74, 6) is 1.79. The first-order chi connectivity index (χ1) is 11.2. The van der Waals surface area contributed by atoms with Gasteiger partial charge < -0.3 is 19.9 Å². The van der Waals surface area contributed by atoms with Crippen LogP contribution in [0.15, 0.2) is 9.52 Å². The Morgan fingerprint density at radius 2 is 2.04 bits per heavy atom. The highest BCUT2D eigenvalue weighted by Gasteiger charge is 2.41. The number of nitrogens with one attached hydrogen (secondary N) is 2. The zero-order valence-electron chi connectivity index (χ0n) is 15.3. The molecule has 0 aromatic carbocycles. The SMILES string of the molecule is CCc1noc(CC)c1CNC(=NC)NCC1(CCOC)CC1.I. The number of aryl methyl sites for hydroxylation is 2. The molecule has 0 amide bonds. The highest BCUT2D eigenvalue weighted by atomic mass is 127. The Balaban J connectivity index is 0.00000288. The number of hydrogen-bond donors (Lipinski definition) is 2. The van der Waals surface area contributed by atoms with Crippen LogP contribution in [-0.2, 0) is 24.1 Å². The molecule has 0 atom stereocenters. The standard InChI is InChI=1S/C17H30N4O2.HI/c1-5-14-13(15(6-2)23-21-14)11-19-16(18-3)20-12-17(7-8-17)9-10-22-4;/h5-12H2,1-4H3,(H2,18,19,20);1H. The average molecular weight is 450 g/mol. The van der Waals surface area contributed by atoms with Crippen molar-refractivity contribution in [2.75, 3.05) is 27.3 Å². The van der Waals surface area contributed by atoms with E-state index in [1.165, 1.54) is 18.4 Å². The van der Waals surface area contributed by atoms with E-state index in [-0.39, 0.29) is 24.0 Å². The summed E-state index contributed by atoms with van der Waals surface area (Å²) in [6, 6.07) is 0. The van der Waals surface area contributed by atoms with Crippen LogP contribution in [0, 0.1) is 5.41 Å². The van der Waals surface area contributed by atoms with Gasteiger partial charge in [-0.1, -0.05) is 19.0 Å². The van der Waals surface area contributed by atoms with E-state index in [1.807, 2.05) is 0 Å². The molecule has 24 heavy (non-hydrogen) atoms. The van der Waals surface area contributed by atoms with E-state index in [1.54, 1.807) is 14.2 Å². The molecule has 0 saturated heterocycles. The molecule has 0 spiro atoms. The second-order valence-corrected chi connectivity index (χ2v) is 6.26. The maximum Gasteiger partial charge on any atom is 0.191 e. The van der Waals surface area contributed by atoms with Gasteiger partial charge in [0.25, 0.3) is 0 Å². The molecule has 2 rings (SSSR count). The Kier molecular flexibility index (Phi) is 9.04. The molecule has 1 aromatic heterocycles. The molecule has 1 heterocycles. The van der Waals surface area contributed by atoms with Crippen LogP contribution in [-0.4, -0.2) is 38.4 Å². The lowest BCUT2D eigenvalue weighted by atomic mass is 10.0. The van der Waals surface area contributed by atoms with Crippen molar-refractivity contribution in [3.63, 3.8) is 0 Å². The van der Waals surface area contributed by atoms with Gasteiger partial charge in [0.05, 0.1) is 5.69 Å². The topological polar surface area (TPSA) is 71.7 Å². The van der Waals surface area contributed by atoms with Crippen molar-refractivity contribution in [1.82, 2.24) is 15.8 Å². The third-order valence-electron chi connectivity index (χ3n) is 4.69. The van der Waals surface area contributed by atoms with E-state index >= 15 is 0 Å². The first-order valence-electron chi connectivity index (χ1n) is 8.57. The van der Waals surface area contributed by atoms with Crippen LogP contribution in [0.4, 0.5) is 0 Å². The lowest BCUT2D eigenvalue weighted by Crippen LogP contribution is -2.40. The quantitative estimate of drug-likeness (QED) is 0.344. The predicted molar refractivity (Wildman–Crippen MR) is 107 cm³/mol. The molecule has 1 fully saturated rings. The van der Waals surface area contributed by atoms with Crippen LogP contribution in [0.5, 0.6) is 0 Å². The minimum Gasteiger partial charge on any atom is -0.385 e. The number of nitrogens with zero attached hydrogens (tertiary/aromatic N) is 2. The van der Waals surface area contributed by atoms with Gasteiger partial charge in [0.2, 0.25) is 0 Å². The largest absolute Gasteiger partial charge is 0.385 e. The highest BCUT2D eigenvalue weighted by Crippen LogP contribution is 2.48. The summed E-state index contributed by atoms with van der Waals surface area (Å²) in [6.45, 7) is 6.65. The maximum absolute atomic E-state index is 5.41. The summed E-state index contributed by atoms with van der Waals surface area (Å²) >= 11 is 0. The Morgan fingerprint density at radius 3 is 2.58 bits per heavy atom. The normalized spacial score (nSPS) is 15.8. The predicted octanol–water partition coefficient (Wildman–Crippen LogP) is 2.90. The highest BCUT2D eigenvalue weighted by molar-refractivity contribution is 14.0. The van der Waals surface area contributed by atoms with Gasteiger partial charge in [-0.05, 0) is 31.1 Å². The van der Waals surface area contributed by atoms with Crippen molar-refractivity contribution in [1.29, 1.82) is 0 Å². The minimum absolute atomic E-state index is 0. The number of aliphatic imine (C=N–C) groups is 1. The summed E-state index contributed by atoms with van der Waals surface area (Å²) < 4.78 is 10.6. The fraction of sp³-hybridized carbons (Fsp3) is 0.765. The van der Waals surface area contributed by atoms with Crippen LogP contribution in [0.25, 0.3) is 0 Å². The first-order valence-corrected chi connectivity index (χ1v) is 8.57. The molecule has 6 nitrogen and oxygen atoms in total. The summed E-state index contributed by atoms with van der Waals surface area (Å²) in [6.07, 6.45) is 5.39. The van der Waals surface area contributed by atoms with Crippen LogP contribution in [0.2, 0.25) is 0 Å². The number of guanidine groups is 1. The van der Waals surface area contributed by atoms with E-state index < -0.39 is 0 Å². The Labute approximate surface area is 162 Å². The molecular formula is C17H31IN4O2. The van der Waals surface area contributed by atoms with Gasteiger partial charge in [-0.15, -0.1) is 24.0 Å². The summed E-state index contributed by atoms with van der Waals surface area (Å²) in [5.41, 5.74) is 2.59. The van der Waals surface area contributed by atoms with Crippen molar-refractivity contribution in [2.24, 2.45) is 10.4 Å². The molecule has 1 aromatic rings. The number of methoxy groups -OCH3 is 1. The van der Waals surface area contributed by atoms with Crippen molar-refractivity contribution < 1.29 is 9.26 Å². The number of hydrogen-bond acceptors (Lipinski definition) is 4. The average Bonchev–Trinajstić information content (AvgIpc) is 3.24. The van der Waals surface area contributed by atoms with E-state index in [2.05, 4.69) is 34.6 Å². The van der Waals surface area contributed by atoms with Crippen molar-refractivity contribution in [3.05, 3.63) is 17.0 Å². The number of ether oxygens (including phenoxy) is 1. The Morgan fingerprint density at radius 1 is 1.29 bits per heavy atom. The molecule has 1 saturated carbocycles. The van der Waals surface area contributed by atoms with Gasteiger partial charge in [-0.3, -0.25) is 4.99 Å². The van der Waals surface area contributed by atoms with Crippen LogP contribution in [0.3, 0.4) is 0 Å². The second-order valence-electron chi connectivity index (χ2n) is 6.26. The van der Waals surface area contributed by atoms with E-state index in [0.29, 0.717) is 12.0 Å². The molecule has 0 aliphatic heterocycles. The third-order valence-corrected chi connectivity index (χ3v) is 4.69. The smallest absolute Gasteiger partial charge is 0.191 e. The fourth-order valence-corrected chi connectivity index (χ4v) is 2.81. The van der Waals surface area contributed by atoms with Gasteiger partial charge in [0.1, 0.15) is 5.76 Å².